The summed E-state index contributed by atoms with van der Waals surface area (Å²) >= 11 is 1.41. The molecule has 1 fully saturated rings. The largest absolute Gasteiger partial charge is 0.367 e. The third-order valence-electron chi connectivity index (χ3n) is 5.55. The van der Waals surface area contributed by atoms with Crippen molar-refractivity contribution in [2.75, 3.05) is 38.1 Å². The van der Waals surface area contributed by atoms with Gasteiger partial charge in [0.2, 0.25) is 0 Å². The zero-order valence-electron chi connectivity index (χ0n) is 17.4. The highest BCUT2D eigenvalue weighted by molar-refractivity contribution is 7.18. The van der Waals surface area contributed by atoms with Crippen molar-refractivity contribution in [2.45, 2.75) is 20.0 Å². The number of aromatic nitrogens is 2. The fourth-order valence-corrected chi connectivity index (χ4v) is 4.98. The smallest absolute Gasteiger partial charge is 0.328 e. The average Bonchev–Trinajstić information content (AvgIpc) is 3.16. The van der Waals surface area contributed by atoms with Crippen LogP contribution in [0.3, 0.4) is 0 Å². The summed E-state index contributed by atoms with van der Waals surface area (Å²) in [5.41, 5.74) is 0.733. The number of H-pyrrole nitrogens is 1. The number of carbonyl (C=O) groups excluding carboxylic acids is 1. The van der Waals surface area contributed by atoms with E-state index in [0.717, 1.165) is 18.0 Å². The Bertz CT molecular complexity index is 1240. The lowest BCUT2D eigenvalue weighted by molar-refractivity contribution is 0.0962. The first kappa shape index (κ1) is 21.3. The quantitative estimate of drug-likeness (QED) is 0.623. The number of nitrogens with one attached hydrogen (secondary N) is 2. The molecule has 8 nitrogen and oxygen atoms in total. The van der Waals surface area contributed by atoms with Crippen LogP contribution >= 0.6 is 11.3 Å². The van der Waals surface area contributed by atoms with Gasteiger partial charge in [0.25, 0.3) is 11.5 Å². The summed E-state index contributed by atoms with van der Waals surface area (Å²) in [4.78, 5) is 44.2. The number of carbonyl (C=O) groups is 1. The van der Waals surface area contributed by atoms with E-state index in [0.29, 0.717) is 47.6 Å². The van der Waals surface area contributed by atoms with Crippen molar-refractivity contribution in [1.29, 1.82) is 0 Å². The highest BCUT2D eigenvalue weighted by Crippen LogP contribution is 2.25. The molecule has 10 heteroatoms. The molecule has 0 aliphatic carbocycles. The first-order chi connectivity index (χ1) is 14.9. The number of halogens is 1. The van der Waals surface area contributed by atoms with Gasteiger partial charge in [0.1, 0.15) is 10.5 Å². The highest BCUT2D eigenvalue weighted by atomic mass is 32.1. The number of aromatic amines is 1. The number of amides is 1. The van der Waals surface area contributed by atoms with Crippen molar-refractivity contribution in [1.82, 2.24) is 19.8 Å². The number of benzene rings is 1. The number of piperazine rings is 1. The number of fused-ring (bicyclic) bond motifs is 1. The van der Waals surface area contributed by atoms with Crippen molar-refractivity contribution in [3.8, 4) is 0 Å². The molecule has 1 aliphatic rings. The Balaban J connectivity index is 1.44. The van der Waals surface area contributed by atoms with E-state index >= 15 is 0 Å². The summed E-state index contributed by atoms with van der Waals surface area (Å²) in [6.45, 7) is 5.55. The van der Waals surface area contributed by atoms with Crippen molar-refractivity contribution in [2.24, 2.45) is 0 Å². The molecule has 2 aromatic heterocycles. The Morgan fingerprint density at radius 3 is 2.58 bits per heavy atom. The molecule has 0 bridgehead atoms. The zero-order valence-corrected chi connectivity index (χ0v) is 18.2. The van der Waals surface area contributed by atoms with E-state index in [-0.39, 0.29) is 17.2 Å². The first-order valence-electron chi connectivity index (χ1n) is 10.2. The number of rotatable bonds is 5. The average molecular weight is 446 g/mol. The monoisotopic (exact) mass is 445 g/mol. The van der Waals surface area contributed by atoms with Crippen LogP contribution in [0.4, 0.5) is 10.1 Å². The Hall–Kier alpha value is -2.98. The second-order valence-electron chi connectivity index (χ2n) is 7.44. The Morgan fingerprint density at radius 1 is 1.19 bits per heavy atom. The number of thiophene rings is 1. The second kappa shape index (κ2) is 8.64. The molecule has 0 atom stereocenters. The van der Waals surface area contributed by atoms with Gasteiger partial charge >= 0.3 is 5.69 Å². The molecule has 31 heavy (non-hydrogen) atoms. The van der Waals surface area contributed by atoms with Crippen molar-refractivity contribution in [3.63, 3.8) is 0 Å². The maximum Gasteiger partial charge on any atom is 0.328 e. The second-order valence-corrected chi connectivity index (χ2v) is 8.58. The molecule has 3 aromatic rings. The number of anilines is 1. The Kier molecular flexibility index (Phi) is 5.92. The molecule has 2 N–H and O–H groups in total. The lowest BCUT2D eigenvalue weighted by atomic mass is 10.1. The summed E-state index contributed by atoms with van der Waals surface area (Å²) < 4.78 is 16.3. The van der Waals surface area contributed by atoms with Crippen LogP contribution in [-0.4, -0.2) is 53.6 Å². The van der Waals surface area contributed by atoms with E-state index in [4.69, 9.17) is 0 Å². The van der Waals surface area contributed by atoms with Gasteiger partial charge in [0, 0.05) is 56.8 Å². The van der Waals surface area contributed by atoms with E-state index in [2.05, 4.69) is 15.2 Å². The Labute approximate surface area is 181 Å². The van der Waals surface area contributed by atoms with Gasteiger partial charge in [-0.05, 0) is 31.2 Å². The minimum absolute atomic E-state index is 0.252. The molecule has 0 saturated carbocycles. The normalized spacial score (nSPS) is 14.9. The molecule has 0 unspecified atom stereocenters. The van der Waals surface area contributed by atoms with Crippen LogP contribution in [0.15, 0.2) is 33.9 Å². The third kappa shape index (κ3) is 4.13. The van der Waals surface area contributed by atoms with Crippen LogP contribution in [0, 0.1) is 5.82 Å². The van der Waals surface area contributed by atoms with Gasteiger partial charge in [-0.1, -0.05) is 0 Å². The molecule has 1 aromatic carbocycles. The summed E-state index contributed by atoms with van der Waals surface area (Å²) in [5.74, 6) is -0.721. The molecular formula is C21H24FN5O3S. The van der Waals surface area contributed by atoms with E-state index in [1.165, 1.54) is 29.0 Å². The lowest BCUT2D eigenvalue weighted by Gasteiger charge is -2.36. The van der Waals surface area contributed by atoms with Gasteiger partial charge in [0.15, 0.2) is 0 Å². The maximum absolute atomic E-state index is 14.5. The maximum atomic E-state index is 14.5. The van der Waals surface area contributed by atoms with Crippen molar-refractivity contribution >= 4 is 33.1 Å². The SMILES string of the molecule is CCn1c(=O)[nH]c2cc(CN3CCN(c4ccc(C(=O)NC)cc4F)CC3)sc2c1=O. The van der Waals surface area contributed by atoms with Crippen LogP contribution in [0.5, 0.6) is 0 Å². The van der Waals surface area contributed by atoms with Gasteiger partial charge in [-0.2, -0.15) is 0 Å². The van der Waals surface area contributed by atoms with E-state index < -0.39 is 5.82 Å². The third-order valence-corrected chi connectivity index (χ3v) is 6.66. The standard InChI is InChI=1S/C21H24FN5O3S/c1-3-27-20(29)18-16(24-21(27)30)11-14(31-18)12-25-6-8-26(9-7-25)17-5-4-13(10-15(17)22)19(28)23-2/h4-5,10-11H,3,6-9,12H2,1-2H3,(H,23,28)(H,24,30). The fourth-order valence-electron chi connectivity index (χ4n) is 3.87. The molecule has 1 aliphatic heterocycles. The van der Waals surface area contributed by atoms with Crippen LogP contribution in [0.1, 0.15) is 22.2 Å². The van der Waals surface area contributed by atoms with Gasteiger partial charge in [0.05, 0.1) is 11.2 Å². The van der Waals surface area contributed by atoms with E-state index in [1.807, 2.05) is 11.0 Å². The number of hydrogen-bond donors (Lipinski definition) is 2. The summed E-state index contributed by atoms with van der Waals surface area (Å²) in [5, 5.41) is 2.49. The van der Waals surface area contributed by atoms with Crippen LogP contribution in [-0.2, 0) is 13.1 Å². The summed E-state index contributed by atoms with van der Waals surface area (Å²) in [6, 6.07) is 6.41. The predicted molar refractivity (Wildman–Crippen MR) is 120 cm³/mol. The fraction of sp³-hybridized carbons (Fsp3) is 0.381. The topological polar surface area (TPSA) is 90.4 Å². The molecule has 1 amide bonds. The number of nitrogens with zero attached hydrogens (tertiary/aromatic N) is 3. The zero-order chi connectivity index (χ0) is 22.1. The van der Waals surface area contributed by atoms with Gasteiger partial charge in [-0.25, -0.2) is 9.18 Å². The van der Waals surface area contributed by atoms with Crippen LogP contribution in [0.25, 0.3) is 10.2 Å². The first-order valence-corrected chi connectivity index (χ1v) is 11.0. The van der Waals surface area contributed by atoms with Gasteiger partial charge < -0.3 is 15.2 Å². The predicted octanol–water partition coefficient (Wildman–Crippen LogP) is 1.59. The summed E-state index contributed by atoms with van der Waals surface area (Å²) in [7, 11) is 1.51. The minimum atomic E-state index is -0.407. The van der Waals surface area contributed by atoms with Crippen LogP contribution in [0.2, 0.25) is 0 Å². The van der Waals surface area contributed by atoms with E-state index in [9.17, 15) is 18.8 Å². The van der Waals surface area contributed by atoms with Crippen LogP contribution < -0.4 is 21.5 Å². The molecule has 164 valence electrons. The Morgan fingerprint density at radius 2 is 1.94 bits per heavy atom. The highest BCUT2D eigenvalue weighted by Gasteiger charge is 2.21. The molecular weight excluding hydrogens is 421 g/mol. The minimum Gasteiger partial charge on any atom is -0.367 e. The van der Waals surface area contributed by atoms with Gasteiger partial charge in [-0.3, -0.25) is 19.1 Å². The number of hydrogen-bond acceptors (Lipinski definition) is 6. The van der Waals surface area contributed by atoms with E-state index in [1.54, 1.807) is 19.1 Å². The van der Waals surface area contributed by atoms with Crippen molar-refractivity contribution < 1.29 is 9.18 Å². The molecule has 3 heterocycles. The molecule has 1 saturated heterocycles. The van der Waals surface area contributed by atoms with Gasteiger partial charge in [-0.15, -0.1) is 11.3 Å². The lowest BCUT2D eigenvalue weighted by Crippen LogP contribution is -2.46. The molecule has 0 radical (unpaired) electrons. The summed E-state index contributed by atoms with van der Waals surface area (Å²) in [6.07, 6.45) is 0. The molecule has 0 spiro atoms. The van der Waals surface area contributed by atoms with Crippen molar-refractivity contribution in [3.05, 3.63) is 61.4 Å². The molecule has 4 rings (SSSR count).